The van der Waals surface area contributed by atoms with Crippen LogP contribution in [0.3, 0.4) is 0 Å². The van der Waals surface area contributed by atoms with E-state index in [0.29, 0.717) is 5.11 Å². The van der Waals surface area contributed by atoms with Crippen molar-refractivity contribution in [3.63, 3.8) is 0 Å². The lowest BCUT2D eigenvalue weighted by Crippen LogP contribution is -2.51. The van der Waals surface area contributed by atoms with Gasteiger partial charge >= 0.3 is 0 Å². The molecule has 0 aromatic carbocycles. The second kappa shape index (κ2) is 18.4. The lowest BCUT2D eigenvalue weighted by Gasteiger charge is -2.36. The molecule has 0 saturated heterocycles. The van der Waals surface area contributed by atoms with Gasteiger partial charge in [0.25, 0.3) is 0 Å². The number of carbonyl (C=O) groups is 2. The Morgan fingerprint density at radius 3 is 1.25 bits per heavy atom. The number of carbonyl (C=O) groups excluding carboxylic acids is 2. The van der Waals surface area contributed by atoms with Crippen LogP contribution in [0.1, 0.15) is 35.1 Å². The SMILES string of the molecule is C.CC(=O)N(C)C(C)N(C)C(=S)N(C)C.CN.CN=C(N(C)C)N(C)C(C)N(C)C(C)=O. The fourth-order valence-electron chi connectivity index (χ4n) is 2.36. The summed E-state index contributed by atoms with van der Waals surface area (Å²) >= 11 is 5.20. The number of guanidine groups is 1. The molecule has 0 aromatic rings. The summed E-state index contributed by atoms with van der Waals surface area (Å²) in [6, 6.07) is 0. The van der Waals surface area contributed by atoms with E-state index in [4.69, 9.17) is 12.2 Å². The van der Waals surface area contributed by atoms with E-state index in [2.05, 4.69) is 10.7 Å². The van der Waals surface area contributed by atoms with Crippen molar-refractivity contribution in [3.05, 3.63) is 0 Å². The minimum atomic E-state index is -0.0256. The number of nitrogens with zero attached hydrogens (tertiary/aromatic N) is 7. The smallest absolute Gasteiger partial charge is 0.220 e. The fourth-order valence-corrected chi connectivity index (χ4v) is 2.51. The Labute approximate surface area is 203 Å². The van der Waals surface area contributed by atoms with Gasteiger partial charge in [-0.05, 0) is 33.1 Å². The average molecular weight is 479 g/mol. The lowest BCUT2D eigenvalue weighted by atomic mass is 10.4. The van der Waals surface area contributed by atoms with Crippen molar-refractivity contribution in [2.45, 2.75) is 47.5 Å². The molecule has 0 saturated carbocycles. The van der Waals surface area contributed by atoms with Crippen LogP contribution in [0.4, 0.5) is 0 Å². The molecule has 0 rings (SSSR count). The van der Waals surface area contributed by atoms with Crippen LogP contribution in [0, 0.1) is 0 Å². The zero-order valence-corrected chi connectivity index (χ0v) is 22.9. The molecule has 2 amide bonds. The van der Waals surface area contributed by atoms with Crippen molar-refractivity contribution in [2.75, 3.05) is 70.5 Å². The first-order chi connectivity index (χ1) is 14.1. The summed E-state index contributed by atoms with van der Waals surface area (Å²) in [7, 11) is 18.2. The largest absolute Gasteiger partial charge is 0.355 e. The van der Waals surface area contributed by atoms with E-state index in [1.807, 2.05) is 75.7 Å². The topological polar surface area (TPSA) is 92.0 Å². The molecule has 2 N–H and O–H groups in total. The molecule has 0 aliphatic carbocycles. The van der Waals surface area contributed by atoms with E-state index < -0.39 is 0 Å². The van der Waals surface area contributed by atoms with Crippen molar-refractivity contribution in [3.8, 4) is 0 Å². The van der Waals surface area contributed by atoms with Gasteiger partial charge in [-0.15, -0.1) is 0 Å². The second-order valence-electron chi connectivity index (χ2n) is 7.34. The minimum absolute atomic E-state index is 0. The van der Waals surface area contributed by atoms with Gasteiger partial charge in [0.2, 0.25) is 11.8 Å². The number of nitrogens with two attached hydrogens (primary N) is 1. The van der Waals surface area contributed by atoms with Gasteiger partial charge in [-0.1, -0.05) is 7.43 Å². The molecule has 2 unspecified atom stereocenters. The average Bonchev–Trinajstić information content (AvgIpc) is 2.71. The Kier molecular flexibility index (Phi) is 21.4. The summed E-state index contributed by atoms with van der Waals surface area (Å²) in [4.78, 5) is 37.5. The summed E-state index contributed by atoms with van der Waals surface area (Å²) < 4.78 is 0. The molecule has 0 heterocycles. The van der Waals surface area contributed by atoms with Gasteiger partial charge in [0.05, 0.1) is 0 Å². The van der Waals surface area contributed by atoms with Crippen LogP contribution in [0.5, 0.6) is 0 Å². The maximum Gasteiger partial charge on any atom is 0.220 e. The van der Waals surface area contributed by atoms with Crippen molar-refractivity contribution < 1.29 is 9.59 Å². The number of hydrogen-bond donors (Lipinski definition) is 1. The molecule has 0 aliphatic rings. The summed E-state index contributed by atoms with van der Waals surface area (Å²) in [5.41, 5.74) is 4.50. The summed E-state index contributed by atoms with van der Waals surface area (Å²) in [5, 5.41) is 0.714. The van der Waals surface area contributed by atoms with Gasteiger partial charge in [0.15, 0.2) is 11.1 Å². The first-order valence-corrected chi connectivity index (χ1v) is 10.4. The van der Waals surface area contributed by atoms with Crippen LogP contribution in [0.2, 0.25) is 0 Å². The Bertz CT molecular complexity index is 584. The standard InChI is InChI=1S/C10H22N4O.C9H19N3OS.CH5N.CH4/c1-8(13(6)9(2)15)14(7)10(11-3)12(4)5;1-7(11(5)8(2)13)12(6)9(14)10(3)4;1-2;/h8H,1-7H3;7H,1-6H3;2H2,1H3;1H4. The first-order valence-electron chi connectivity index (χ1n) is 9.97. The van der Waals surface area contributed by atoms with E-state index in [9.17, 15) is 9.59 Å². The van der Waals surface area contributed by atoms with E-state index in [1.165, 1.54) is 7.05 Å². The maximum atomic E-state index is 11.2. The number of aliphatic imine (C=N–C) groups is 1. The van der Waals surface area contributed by atoms with Crippen LogP contribution in [0.25, 0.3) is 0 Å². The molecule has 0 fully saturated rings. The van der Waals surface area contributed by atoms with Gasteiger partial charge in [0.1, 0.15) is 12.3 Å². The van der Waals surface area contributed by atoms with Crippen molar-refractivity contribution in [1.82, 2.24) is 29.4 Å². The fraction of sp³-hybridized carbons (Fsp3) is 0.810. The third-order valence-electron chi connectivity index (χ3n) is 4.84. The number of hydrogen-bond acceptors (Lipinski definition) is 5. The van der Waals surface area contributed by atoms with Crippen molar-refractivity contribution >= 4 is 35.1 Å². The number of amides is 2. The molecule has 10 nitrogen and oxygen atoms in total. The monoisotopic (exact) mass is 478 g/mol. The highest BCUT2D eigenvalue weighted by Gasteiger charge is 2.20. The first kappa shape index (κ1) is 37.2. The molecular weight excluding hydrogens is 428 g/mol. The maximum absolute atomic E-state index is 11.2. The van der Waals surface area contributed by atoms with Crippen LogP contribution in [-0.2, 0) is 9.59 Å². The number of rotatable bonds is 4. The molecule has 0 aromatic heterocycles. The molecule has 0 bridgehead atoms. The van der Waals surface area contributed by atoms with Crippen molar-refractivity contribution in [2.24, 2.45) is 10.7 Å². The molecule has 192 valence electrons. The van der Waals surface area contributed by atoms with E-state index in [1.54, 1.807) is 44.8 Å². The van der Waals surface area contributed by atoms with Gasteiger partial charge in [-0.3, -0.25) is 14.6 Å². The predicted molar refractivity (Wildman–Crippen MR) is 142 cm³/mol. The van der Waals surface area contributed by atoms with Crippen LogP contribution < -0.4 is 5.73 Å². The second-order valence-corrected chi connectivity index (χ2v) is 7.71. The van der Waals surface area contributed by atoms with E-state index in [0.717, 1.165) is 5.96 Å². The number of thiocarbonyl (C=S) groups is 1. The predicted octanol–water partition coefficient (Wildman–Crippen LogP) is 1.09. The third kappa shape index (κ3) is 12.7. The Balaban J connectivity index is -0.000000221. The summed E-state index contributed by atoms with van der Waals surface area (Å²) in [6.07, 6.45) is -0.0361. The molecule has 32 heavy (non-hydrogen) atoms. The molecular formula is C21H50N8O2S. The normalized spacial score (nSPS) is 11.7. The van der Waals surface area contributed by atoms with Gasteiger partial charge in [-0.2, -0.15) is 0 Å². The molecule has 2 atom stereocenters. The Morgan fingerprint density at radius 1 is 0.719 bits per heavy atom. The van der Waals surface area contributed by atoms with Gasteiger partial charge in [0, 0.05) is 77.3 Å². The van der Waals surface area contributed by atoms with Crippen LogP contribution >= 0.6 is 12.2 Å². The lowest BCUT2D eigenvalue weighted by molar-refractivity contribution is -0.132. The van der Waals surface area contributed by atoms with E-state index >= 15 is 0 Å². The van der Waals surface area contributed by atoms with Gasteiger partial charge < -0.3 is 35.1 Å². The van der Waals surface area contributed by atoms with E-state index in [-0.39, 0.29) is 31.6 Å². The third-order valence-corrected chi connectivity index (χ3v) is 5.49. The summed E-state index contributed by atoms with van der Waals surface area (Å²) in [6.45, 7) is 7.01. The quantitative estimate of drug-likeness (QED) is 0.278. The zero-order chi connectivity index (χ0) is 25.6. The highest BCUT2D eigenvalue weighted by atomic mass is 32.1. The molecule has 11 heteroatoms. The van der Waals surface area contributed by atoms with Gasteiger partial charge in [-0.25, -0.2) is 0 Å². The Morgan fingerprint density at radius 2 is 1.03 bits per heavy atom. The summed E-state index contributed by atoms with van der Waals surface area (Å²) in [5.74, 6) is 0.921. The van der Waals surface area contributed by atoms with Crippen LogP contribution in [-0.4, -0.2) is 135 Å². The minimum Gasteiger partial charge on any atom is -0.355 e. The highest BCUT2D eigenvalue weighted by Crippen LogP contribution is 2.05. The zero-order valence-electron chi connectivity index (χ0n) is 22.1. The van der Waals surface area contributed by atoms with Crippen LogP contribution in [0.15, 0.2) is 4.99 Å². The highest BCUT2D eigenvalue weighted by molar-refractivity contribution is 7.80. The molecule has 0 spiro atoms. The molecule has 0 aliphatic heterocycles. The molecule has 0 radical (unpaired) electrons. The van der Waals surface area contributed by atoms with Crippen molar-refractivity contribution in [1.29, 1.82) is 0 Å². The Hall–Kier alpha value is -2.14.